The molecule has 0 unspecified atom stereocenters. The quantitative estimate of drug-likeness (QED) is 0.154. The second kappa shape index (κ2) is 13.6. The minimum absolute atomic E-state index is 0.801. The number of hydrogen-bond acceptors (Lipinski definition) is 5. The van der Waals surface area contributed by atoms with Gasteiger partial charge < -0.3 is 4.90 Å². The lowest BCUT2D eigenvalue weighted by molar-refractivity contribution is 0.795. The van der Waals surface area contributed by atoms with E-state index in [1.807, 2.05) is 48.5 Å². The maximum atomic E-state index is 4.60. The van der Waals surface area contributed by atoms with Gasteiger partial charge in [0.1, 0.15) is 0 Å². The van der Waals surface area contributed by atoms with Gasteiger partial charge in [-0.1, -0.05) is 74.0 Å². The minimum atomic E-state index is 0.801. The van der Waals surface area contributed by atoms with Gasteiger partial charge in [0.15, 0.2) is 0 Å². The molecule has 0 fully saturated rings. The van der Waals surface area contributed by atoms with E-state index >= 15 is 0 Å². The molecule has 0 aliphatic rings. The highest BCUT2D eigenvalue weighted by Crippen LogP contribution is 2.35. The molecule has 0 saturated carbocycles. The molecule has 0 atom stereocenters. The first kappa shape index (κ1) is 27.9. The monoisotopic (exact) mass is 539 g/mol. The van der Waals surface area contributed by atoms with Crippen LogP contribution in [-0.4, -0.2) is 13.1 Å². The van der Waals surface area contributed by atoms with Crippen LogP contribution in [0.3, 0.4) is 0 Å². The van der Waals surface area contributed by atoms with Gasteiger partial charge in [0.25, 0.3) is 0 Å². The number of anilines is 1. The van der Waals surface area contributed by atoms with Crippen LogP contribution in [-0.2, 0) is 6.42 Å². The Morgan fingerprint density at radius 3 is 1.49 bits per heavy atom. The van der Waals surface area contributed by atoms with Crippen LogP contribution in [0.25, 0.3) is 21.9 Å². The van der Waals surface area contributed by atoms with Crippen LogP contribution < -0.4 is 4.90 Å². The lowest BCUT2D eigenvalue weighted by Crippen LogP contribution is -2.21. The van der Waals surface area contributed by atoms with E-state index in [4.69, 9.17) is 0 Å². The van der Waals surface area contributed by atoms with E-state index in [1.54, 1.807) is 0 Å². The Morgan fingerprint density at radius 1 is 0.512 bits per heavy atom. The summed E-state index contributed by atoms with van der Waals surface area (Å²) >= 11 is 0. The highest BCUT2D eigenvalue weighted by Gasteiger charge is 2.06. The fourth-order valence-corrected chi connectivity index (χ4v) is 4.95. The van der Waals surface area contributed by atoms with Crippen molar-refractivity contribution < 1.29 is 0 Å². The molecule has 0 bridgehead atoms. The van der Waals surface area contributed by atoms with Crippen molar-refractivity contribution in [1.82, 2.24) is 0 Å². The molecule has 206 valence electrons. The van der Waals surface area contributed by atoms with Crippen molar-refractivity contribution in [3.63, 3.8) is 0 Å². The van der Waals surface area contributed by atoms with Crippen molar-refractivity contribution in [1.29, 1.82) is 0 Å². The average molecular weight is 540 g/mol. The number of unbranched alkanes of at least 4 members (excludes halogenated alkanes) is 1. The summed E-state index contributed by atoms with van der Waals surface area (Å²) in [4.78, 5) is 2.31. The second-order valence-corrected chi connectivity index (χ2v) is 10.1. The largest absolute Gasteiger partial charge is 0.372 e. The van der Waals surface area contributed by atoms with Gasteiger partial charge in [0.2, 0.25) is 0 Å². The van der Waals surface area contributed by atoms with Gasteiger partial charge in [-0.2, -0.15) is 10.2 Å². The van der Waals surface area contributed by atoms with Gasteiger partial charge >= 0.3 is 0 Å². The van der Waals surface area contributed by atoms with Crippen LogP contribution in [0.1, 0.15) is 39.2 Å². The Kier molecular flexibility index (Phi) is 9.27. The van der Waals surface area contributed by atoms with Gasteiger partial charge in [-0.05, 0) is 91.9 Å². The Bertz CT molecular complexity index is 1610. The van der Waals surface area contributed by atoms with Crippen LogP contribution >= 0.6 is 0 Å². The molecule has 41 heavy (non-hydrogen) atoms. The Hall–Kier alpha value is -4.64. The molecule has 0 aliphatic heterocycles. The molecular formula is C36H37N5. The van der Waals surface area contributed by atoms with Crippen molar-refractivity contribution in [3.8, 4) is 11.1 Å². The predicted molar refractivity (Wildman–Crippen MR) is 173 cm³/mol. The number of rotatable bonds is 11. The van der Waals surface area contributed by atoms with Crippen LogP contribution in [0.5, 0.6) is 0 Å². The maximum absolute atomic E-state index is 4.60. The molecule has 0 saturated heterocycles. The fourth-order valence-electron chi connectivity index (χ4n) is 4.95. The molecule has 5 rings (SSSR count). The van der Waals surface area contributed by atoms with E-state index in [0.29, 0.717) is 0 Å². The molecule has 0 aliphatic carbocycles. The van der Waals surface area contributed by atoms with E-state index < -0.39 is 0 Å². The fraction of sp³-hybridized carbons (Fsp3) is 0.222. The second-order valence-electron chi connectivity index (χ2n) is 10.1. The maximum Gasteiger partial charge on any atom is 0.0936 e. The van der Waals surface area contributed by atoms with Crippen LogP contribution in [0.4, 0.5) is 28.4 Å². The van der Waals surface area contributed by atoms with Gasteiger partial charge in [0.05, 0.1) is 22.7 Å². The molecule has 5 aromatic rings. The molecular weight excluding hydrogens is 502 g/mol. The van der Waals surface area contributed by atoms with Crippen molar-refractivity contribution in [3.05, 3.63) is 115 Å². The lowest BCUT2D eigenvalue weighted by atomic mass is 10.0. The van der Waals surface area contributed by atoms with Gasteiger partial charge in [0, 0.05) is 29.5 Å². The lowest BCUT2D eigenvalue weighted by Gasteiger charge is -2.20. The van der Waals surface area contributed by atoms with Gasteiger partial charge in [-0.25, -0.2) is 0 Å². The molecule has 0 amide bonds. The molecule has 5 heteroatoms. The zero-order valence-electron chi connectivity index (χ0n) is 24.2. The van der Waals surface area contributed by atoms with E-state index in [0.717, 1.165) is 53.0 Å². The van der Waals surface area contributed by atoms with Crippen molar-refractivity contribution in [2.75, 3.05) is 18.0 Å². The third-order valence-electron chi connectivity index (χ3n) is 7.38. The SMILES string of the molecule is CCCCc1ccc(-c2ccc(N=Nc3ccc(N=Nc4ccc(N(CC)CC)cc4)c4ccccc34)cc2)cc1. The van der Waals surface area contributed by atoms with Gasteiger partial charge in [-0.15, -0.1) is 10.2 Å². The number of benzene rings is 5. The van der Waals surface area contributed by atoms with E-state index in [9.17, 15) is 0 Å². The summed E-state index contributed by atoms with van der Waals surface area (Å²) in [5.41, 5.74) is 8.22. The molecule has 0 N–H and O–H groups in total. The summed E-state index contributed by atoms with van der Waals surface area (Å²) in [5.74, 6) is 0. The number of aryl methyl sites for hydroxylation is 1. The van der Waals surface area contributed by atoms with Crippen LogP contribution in [0.15, 0.2) is 130 Å². The first-order chi connectivity index (χ1) is 20.2. The summed E-state index contributed by atoms with van der Waals surface area (Å²) in [5, 5.41) is 20.2. The number of fused-ring (bicyclic) bond motifs is 1. The summed E-state index contributed by atoms with van der Waals surface area (Å²) in [6.45, 7) is 8.51. The molecule has 0 heterocycles. The van der Waals surface area contributed by atoms with E-state index in [1.165, 1.54) is 35.2 Å². The zero-order valence-corrected chi connectivity index (χ0v) is 24.2. The first-order valence-corrected chi connectivity index (χ1v) is 14.6. The summed E-state index contributed by atoms with van der Waals surface area (Å²) in [6, 6.07) is 37.3. The Balaban J connectivity index is 1.31. The topological polar surface area (TPSA) is 52.7 Å². The third kappa shape index (κ3) is 6.93. The Morgan fingerprint density at radius 2 is 1.00 bits per heavy atom. The van der Waals surface area contributed by atoms with E-state index in [2.05, 4.69) is 107 Å². The number of hydrogen-bond donors (Lipinski definition) is 0. The molecule has 0 spiro atoms. The van der Waals surface area contributed by atoms with Crippen LogP contribution in [0.2, 0.25) is 0 Å². The predicted octanol–water partition coefficient (Wildman–Crippen LogP) is 11.5. The third-order valence-corrected chi connectivity index (χ3v) is 7.38. The van der Waals surface area contributed by atoms with Gasteiger partial charge in [-0.3, -0.25) is 0 Å². The normalized spacial score (nSPS) is 11.6. The van der Waals surface area contributed by atoms with Crippen molar-refractivity contribution >= 4 is 39.2 Å². The minimum Gasteiger partial charge on any atom is -0.372 e. The van der Waals surface area contributed by atoms with E-state index in [-0.39, 0.29) is 0 Å². The number of nitrogens with zero attached hydrogens (tertiary/aromatic N) is 5. The highest BCUT2D eigenvalue weighted by molar-refractivity contribution is 5.99. The molecule has 0 radical (unpaired) electrons. The molecule has 5 nitrogen and oxygen atoms in total. The standard InChI is InChI=1S/C36H37N5/c1-4-7-10-27-13-15-28(16-14-27)29-17-19-30(20-18-29)37-39-35-25-26-36(34-12-9-8-11-33(34)35)40-38-31-21-23-32(24-22-31)41(5-2)6-3/h8-9,11-26H,4-7,10H2,1-3H3. The smallest absolute Gasteiger partial charge is 0.0936 e. The summed E-state index contributed by atoms with van der Waals surface area (Å²) in [6.07, 6.45) is 3.59. The average Bonchev–Trinajstić information content (AvgIpc) is 3.03. The highest BCUT2D eigenvalue weighted by atomic mass is 15.1. The summed E-state index contributed by atoms with van der Waals surface area (Å²) in [7, 11) is 0. The molecule has 0 aromatic heterocycles. The number of azo groups is 2. The first-order valence-electron chi connectivity index (χ1n) is 14.6. The Labute approximate surface area is 243 Å². The zero-order chi connectivity index (χ0) is 28.4. The summed E-state index contributed by atoms with van der Waals surface area (Å²) < 4.78 is 0. The molecule has 5 aromatic carbocycles. The van der Waals surface area contributed by atoms with Crippen molar-refractivity contribution in [2.24, 2.45) is 20.5 Å². The van der Waals surface area contributed by atoms with Crippen molar-refractivity contribution in [2.45, 2.75) is 40.0 Å². The van der Waals surface area contributed by atoms with Crippen LogP contribution in [0, 0.1) is 0 Å².